The van der Waals surface area contributed by atoms with Crippen molar-refractivity contribution in [3.63, 3.8) is 0 Å². The lowest BCUT2D eigenvalue weighted by Crippen LogP contribution is -2.46. The third-order valence-electron chi connectivity index (χ3n) is 6.58. The number of methoxy groups -OCH3 is 1. The van der Waals surface area contributed by atoms with E-state index in [1.165, 1.54) is 5.56 Å². The molecule has 0 unspecified atom stereocenters. The largest absolute Gasteiger partial charge is 0.497 e. The van der Waals surface area contributed by atoms with Crippen molar-refractivity contribution in [1.82, 2.24) is 4.90 Å². The predicted octanol–water partition coefficient (Wildman–Crippen LogP) is 5.39. The van der Waals surface area contributed by atoms with Crippen LogP contribution in [0.1, 0.15) is 58.8 Å². The second-order valence-corrected chi connectivity index (χ2v) is 8.84. The Morgan fingerprint density at radius 1 is 0.970 bits per heavy atom. The van der Waals surface area contributed by atoms with Gasteiger partial charge in [0.15, 0.2) is 0 Å². The van der Waals surface area contributed by atoms with Crippen LogP contribution in [0.2, 0.25) is 0 Å². The molecule has 3 aromatic carbocycles. The fourth-order valence-electron chi connectivity index (χ4n) is 4.58. The number of hydrogen-bond acceptors (Lipinski definition) is 3. The van der Waals surface area contributed by atoms with Crippen LogP contribution in [0.25, 0.3) is 0 Å². The van der Waals surface area contributed by atoms with Crippen LogP contribution in [-0.4, -0.2) is 37.9 Å². The quantitative estimate of drug-likeness (QED) is 0.532. The van der Waals surface area contributed by atoms with E-state index in [2.05, 4.69) is 26.0 Å². The first kappa shape index (κ1) is 22.6. The van der Waals surface area contributed by atoms with Crippen LogP contribution in [0.5, 0.6) is 5.75 Å². The summed E-state index contributed by atoms with van der Waals surface area (Å²) in [5.74, 6) is 0.477. The molecule has 3 aromatic rings. The first-order valence-electron chi connectivity index (χ1n) is 11.2. The van der Waals surface area contributed by atoms with E-state index < -0.39 is 12.0 Å². The smallest absolute Gasteiger partial charge is 0.254 e. The number of amides is 2. The molecule has 1 aliphatic heterocycles. The van der Waals surface area contributed by atoms with Gasteiger partial charge in [-0.05, 0) is 52.9 Å². The lowest BCUT2D eigenvalue weighted by atomic mass is 9.79. The van der Waals surface area contributed by atoms with E-state index in [4.69, 9.17) is 4.74 Å². The minimum Gasteiger partial charge on any atom is -0.497 e. The number of carbonyl (C=O) groups excluding carboxylic acids is 2. The van der Waals surface area contributed by atoms with E-state index in [-0.39, 0.29) is 11.8 Å². The zero-order chi connectivity index (χ0) is 23.7. The van der Waals surface area contributed by atoms with Crippen molar-refractivity contribution in [2.75, 3.05) is 26.1 Å². The molecule has 1 heterocycles. The summed E-state index contributed by atoms with van der Waals surface area (Å²) in [6.45, 7) is 4.30. The van der Waals surface area contributed by atoms with Crippen molar-refractivity contribution < 1.29 is 14.3 Å². The lowest BCUT2D eigenvalue weighted by Gasteiger charge is -2.41. The molecule has 4 rings (SSSR count). The summed E-state index contributed by atoms with van der Waals surface area (Å²) < 4.78 is 5.30. The molecule has 1 aliphatic rings. The number of benzene rings is 3. The lowest BCUT2D eigenvalue weighted by molar-refractivity contribution is -0.121. The van der Waals surface area contributed by atoms with Crippen molar-refractivity contribution in [1.29, 1.82) is 0 Å². The summed E-state index contributed by atoms with van der Waals surface area (Å²) in [5, 5.41) is 0. The van der Waals surface area contributed by atoms with Gasteiger partial charge in [0.1, 0.15) is 5.75 Å². The van der Waals surface area contributed by atoms with E-state index in [9.17, 15) is 9.59 Å². The van der Waals surface area contributed by atoms with Gasteiger partial charge in [0.05, 0.1) is 19.1 Å². The van der Waals surface area contributed by atoms with Gasteiger partial charge >= 0.3 is 0 Å². The van der Waals surface area contributed by atoms with Gasteiger partial charge in [0, 0.05) is 25.3 Å². The third kappa shape index (κ3) is 4.11. The van der Waals surface area contributed by atoms with Crippen LogP contribution in [0.15, 0.2) is 72.8 Å². The molecular weight excluding hydrogens is 412 g/mol. The number of nitrogens with zero attached hydrogens (tertiary/aromatic N) is 2. The maximum atomic E-state index is 14.0. The number of anilines is 1. The summed E-state index contributed by atoms with van der Waals surface area (Å²) in [5.41, 5.74) is 4.28. The van der Waals surface area contributed by atoms with E-state index >= 15 is 0 Å². The van der Waals surface area contributed by atoms with Crippen LogP contribution in [-0.2, 0) is 4.79 Å². The maximum absolute atomic E-state index is 14.0. The Labute approximate surface area is 195 Å². The van der Waals surface area contributed by atoms with Crippen LogP contribution < -0.4 is 9.64 Å². The van der Waals surface area contributed by atoms with Crippen molar-refractivity contribution >= 4 is 17.5 Å². The average molecular weight is 443 g/mol. The van der Waals surface area contributed by atoms with Gasteiger partial charge < -0.3 is 14.5 Å². The number of ether oxygens (including phenoxy) is 1. The highest BCUT2D eigenvalue weighted by molar-refractivity contribution is 6.05. The Hall–Kier alpha value is -3.60. The monoisotopic (exact) mass is 442 g/mol. The summed E-state index contributed by atoms with van der Waals surface area (Å²) in [6.07, 6.45) is 0. The van der Waals surface area contributed by atoms with Crippen LogP contribution in [0.3, 0.4) is 0 Å². The minimum atomic E-state index is -0.535. The summed E-state index contributed by atoms with van der Waals surface area (Å²) in [4.78, 5) is 30.6. The first-order chi connectivity index (χ1) is 15.8. The molecule has 0 N–H and O–H groups in total. The topological polar surface area (TPSA) is 49.9 Å². The molecule has 2 atom stereocenters. The Morgan fingerprint density at radius 3 is 2.21 bits per heavy atom. The second-order valence-electron chi connectivity index (χ2n) is 8.84. The molecule has 0 aromatic heterocycles. The van der Waals surface area contributed by atoms with Gasteiger partial charge in [-0.2, -0.15) is 0 Å². The van der Waals surface area contributed by atoms with Crippen LogP contribution >= 0.6 is 0 Å². The highest BCUT2D eigenvalue weighted by atomic mass is 16.5. The SMILES string of the molecule is COc1ccc([C@@H]2[C@H](C(=O)N(C)c3ccc(C(C)C)cc3)c3ccccc3C(=O)N2C)cc1. The van der Waals surface area contributed by atoms with Gasteiger partial charge in [-0.15, -0.1) is 0 Å². The maximum Gasteiger partial charge on any atom is 0.254 e. The van der Waals surface area contributed by atoms with Crippen molar-refractivity contribution in [2.45, 2.75) is 31.7 Å². The molecule has 33 heavy (non-hydrogen) atoms. The number of carbonyl (C=O) groups is 2. The molecule has 0 aliphatic carbocycles. The third-order valence-corrected chi connectivity index (χ3v) is 6.58. The van der Waals surface area contributed by atoms with Gasteiger partial charge in [-0.25, -0.2) is 0 Å². The molecule has 0 saturated heterocycles. The fourth-order valence-corrected chi connectivity index (χ4v) is 4.58. The highest BCUT2D eigenvalue weighted by Crippen LogP contribution is 2.43. The van der Waals surface area contributed by atoms with Gasteiger partial charge in [0.2, 0.25) is 5.91 Å². The molecule has 0 fully saturated rings. The Kier molecular flexibility index (Phi) is 6.23. The fraction of sp³-hybridized carbons (Fsp3) is 0.286. The molecule has 170 valence electrons. The molecule has 2 amide bonds. The van der Waals surface area contributed by atoms with Crippen molar-refractivity contribution in [3.8, 4) is 5.75 Å². The molecule has 5 nitrogen and oxygen atoms in total. The Balaban J connectivity index is 1.78. The molecule has 0 saturated carbocycles. The summed E-state index contributed by atoms with van der Waals surface area (Å²) in [6, 6.07) is 22.7. The van der Waals surface area contributed by atoms with Crippen molar-refractivity contribution in [2.24, 2.45) is 0 Å². The summed E-state index contributed by atoms with van der Waals surface area (Å²) >= 11 is 0. The number of fused-ring (bicyclic) bond motifs is 1. The van der Waals surface area contributed by atoms with Crippen LogP contribution in [0, 0.1) is 0 Å². The molecule has 5 heteroatoms. The summed E-state index contributed by atoms with van der Waals surface area (Å²) in [7, 11) is 5.19. The molecule has 0 radical (unpaired) electrons. The normalized spacial score (nSPS) is 17.6. The first-order valence-corrected chi connectivity index (χ1v) is 11.2. The van der Waals surface area contributed by atoms with Gasteiger partial charge in [0.25, 0.3) is 5.91 Å². The second kappa shape index (κ2) is 9.10. The van der Waals surface area contributed by atoms with E-state index in [0.29, 0.717) is 11.5 Å². The average Bonchev–Trinajstić information content (AvgIpc) is 2.85. The minimum absolute atomic E-state index is 0.0556. The predicted molar refractivity (Wildman–Crippen MR) is 131 cm³/mol. The van der Waals surface area contributed by atoms with Gasteiger partial charge in [-0.1, -0.05) is 56.3 Å². The van der Waals surface area contributed by atoms with Crippen LogP contribution in [0.4, 0.5) is 5.69 Å². The molecule has 0 spiro atoms. The highest BCUT2D eigenvalue weighted by Gasteiger charge is 2.43. The number of rotatable bonds is 5. The van der Waals surface area contributed by atoms with E-state index in [0.717, 1.165) is 22.6 Å². The van der Waals surface area contributed by atoms with E-state index in [1.54, 1.807) is 37.1 Å². The standard InChI is InChI=1S/C28H30N2O3/c1-18(2)19-10-14-21(15-11-19)29(3)28(32)25-23-8-6-7-9-24(23)27(31)30(4)26(25)20-12-16-22(33-5)17-13-20/h6-18,25-26H,1-5H3/t25-,26-/m1/s1. The zero-order valence-corrected chi connectivity index (χ0v) is 19.8. The number of hydrogen-bond donors (Lipinski definition) is 0. The molecule has 0 bridgehead atoms. The zero-order valence-electron chi connectivity index (χ0n) is 19.8. The van der Waals surface area contributed by atoms with Crippen molar-refractivity contribution in [3.05, 3.63) is 95.1 Å². The van der Waals surface area contributed by atoms with Gasteiger partial charge in [-0.3, -0.25) is 9.59 Å². The number of likely N-dealkylation sites (N-methyl/N-ethyl adjacent to an activating group) is 2. The molecular formula is C28H30N2O3. The van der Waals surface area contributed by atoms with E-state index in [1.807, 2.05) is 54.6 Å². The Bertz CT molecular complexity index is 1150. The Morgan fingerprint density at radius 2 is 1.61 bits per heavy atom.